The highest BCUT2D eigenvalue weighted by Gasteiger charge is 2.36. The number of nitrogens with one attached hydrogen (secondary N) is 1. The quantitative estimate of drug-likeness (QED) is 0.499. The van der Waals surface area contributed by atoms with Gasteiger partial charge in [-0.3, -0.25) is 14.9 Å². The van der Waals surface area contributed by atoms with Gasteiger partial charge in [0.15, 0.2) is 6.19 Å². The highest BCUT2D eigenvalue weighted by molar-refractivity contribution is 5.87. The molecule has 0 aromatic rings. The molecule has 1 aliphatic carbocycles. The number of nitrogens with two attached hydrogens (primary N) is 1. The predicted molar refractivity (Wildman–Crippen MR) is 52.9 cm³/mol. The molecule has 0 spiro atoms. The van der Waals surface area contributed by atoms with Crippen molar-refractivity contribution in [2.45, 2.75) is 26.2 Å². The molecule has 0 radical (unpaired) electrons. The molecule has 0 saturated heterocycles. The first-order valence-electron chi connectivity index (χ1n) is 5.04. The lowest BCUT2D eigenvalue weighted by atomic mass is 9.74. The Morgan fingerprint density at radius 2 is 2.07 bits per heavy atom. The molecule has 0 aliphatic heterocycles. The first-order valence-corrected chi connectivity index (χ1v) is 5.04. The summed E-state index contributed by atoms with van der Waals surface area (Å²) < 4.78 is 0. The van der Waals surface area contributed by atoms with Crippen molar-refractivity contribution in [1.82, 2.24) is 5.32 Å². The van der Waals surface area contributed by atoms with Gasteiger partial charge in [-0.25, -0.2) is 0 Å². The van der Waals surface area contributed by atoms with Crippen LogP contribution in [0.5, 0.6) is 0 Å². The Morgan fingerprint density at radius 3 is 2.60 bits per heavy atom. The van der Waals surface area contributed by atoms with Crippen molar-refractivity contribution in [3.05, 3.63) is 0 Å². The minimum Gasteiger partial charge on any atom is -0.369 e. The second-order valence-electron chi connectivity index (χ2n) is 4.13. The molecule has 3 atom stereocenters. The highest BCUT2D eigenvalue weighted by atomic mass is 16.2. The minimum atomic E-state index is -0.445. The first kappa shape index (κ1) is 11.5. The maximum absolute atomic E-state index is 11.5. The van der Waals surface area contributed by atoms with Gasteiger partial charge in [0.05, 0.1) is 5.92 Å². The zero-order valence-corrected chi connectivity index (χ0v) is 8.69. The monoisotopic (exact) mass is 209 g/mol. The molecule has 3 unspecified atom stereocenters. The lowest BCUT2D eigenvalue weighted by Gasteiger charge is -2.31. The number of hydrogen-bond acceptors (Lipinski definition) is 3. The molecule has 3 N–H and O–H groups in total. The van der Waals surface area contributed by atoms with E-state index in [1.807, 2.05) is 6.92 Å². The summed E-state index contributed by atoms with van der Waals surface area (Å²) in [4.78, 5) is 22.7. The smallest absolute Gasteiger partial charge is 0.236 e. The van der Waals surface area contributed by atoms with Crippen molar-refractivity contribution in [2.75, 3.05) is 0 Å². The van der Waals surface area contributed by atoms with Crippen molar-refractivity contribution < 1.29 is 9.59 Å². The topological polar surface area (TPSA) is 96.0 Å². The summed E-state index contributed by atoms with van der Waals surface area (Å²) in [6.07, 6.45) is 3.74. The molecule has 5 nitrogen and oxygen atoms in total. The summed E-state index contributed by atoms with van der Waals surface area (Å²) in [6.45, 7) is 2.04. The third kappa shape index (κ3) is 2.69. The average molecular weight is 209 g/mol. The van der Waals surface area contributed by atoms with Gasteiger partial charge in [-0.1, -0.05) is 6.92 Å². The molecule has 0 aromatic heterocycles. The van der Waals surface area contributed by atoms with E-state index in [1.165, 1.54) is 0 Å². The Hall–Kier alpha value is -1.57. The zero-order valence-electron chi connectivity index (χ0n) is 8.69. The van der Waals surface area contributed by atoms with Crippen LogP contribution in [0.25, 0.3) is 0 Å². The summed E-state index contributed by atoms with van der Waals surface area (Å²) in [5.41, 5.74) is 5.25. The molecule has 5 heteroatoms. The van der Waals surface area contributed by atoms with Gasteiger partial charge in [0.25, 0.3) is 0 Å². The second-order valence-corrected chi connectivity index (χ2v) is 4.13. The molecule has 1 rings (SSSR count). The van der Waals surface area contributed by atoms with E-state index in [-0.39, 0.29) is 5.91 Å². The van der Waals surface area contributed by atoms with Gasteiger partial charge >= 0.3 is 0 Å². The molecule has 1 fully saturated rings. The van der Waals surface area contributed by atoms with Crippen molar-refractivity contribution in [1.29, 1.82) is 5.26 Å². The van der Waals surface area contributed by atoms with Crippen LogP contribution in [0, 0.1) is 29.2 Å². The fourth-order valence-corrected chi connectivity index (χ4v) is 2.16. The second kappa shape index (κ2) is 4.78. The van der Waals surface area contributed by atoms with Gasteiger partial charge in [-0.05, 0) is 25.2 Å². The molecule has 1 saturated carbocycles. The van der Waals surface area contributed by atoms with Gasteiger partial charge in [0.2, 0.25) is 11.8 Å². The van der Waals surface area contributed by atoms with E-state index in [9.17, 15) is 9.59 Å². The van der Waals surface area contributed by atoms with Crippen LogP contribution in [0.4, 0.5) is 0 Å². The highest BCUT2D eigenvalue weighted by Crippen LogP contribution is 2.33. The fourth-order valence-electron chi connectivity index (χ4n) is 2.16. The summed E-state index contributed by atoms with van der Waals surface area (Å²) >= 11 is 0. The van der Waals surface area contributed by atoms with E-state index in [4.69, 9.17) is 11.0 Å². The Morgan fingerprint density at radius 1 is 1.40 bits per heavy atom. The van der Waals surface area contributed by atoms with Crippen LogP contribution in [0.2, 0.25) is 0 Å². The number of primary amides is 1. The van der Waals surface area contributed by atoms with Crippen LogP contribution in [-0.4, -0.2) is 11.8 Å². The van der Waals surface area contributed by atoms with Crippen LogP contribution in [0.15, 0.2) is 0 Å². The molecule has 0 aromatic carbocycles. The molecular weight excluding hydrogens is 194 g/mol. The number of rotatable bonds is 2. The number of hydrogen-bond donors (Lipinski definition) is 2. The van der Waals surface area contributed by atoms with Crippen LogP contribution < -0.4 is 11.1 Å². The maximum Gasteiger partial charge on any atom is 0.236 e. The van der Waals surface area contributed by atoms with Gasteiger partial charge in [0, 0.05) is 5.92 Å². The number of carbonyl (C=O) groups excluding carboxylic acids is 2. The first-order chi connectivity index (χ1) is 7.06. The van der Waals surface area contributed by atoms with Crippen molar-refractivity contribution >= 4 is 11.8 Å². The number of amides is 2. The van der Waals surface area contributed by atoms with Gasteiger partial charge in [-0.2, -0.15) is 5.26 Å². The number of nitriles is 1. The Labute approximate surface area is 88.6 Å². The normalized spacial score (nSPS) is 30.3. The van der Waals surface area contributed by atoms with Gasteiger partial charge in [0.1, 0.15) is 0 Å². The summed E-state index contributed by atoms with van der Waals surface area (Å²) in [5.74, 6) is -1.28. The lowest BCUT2D eigenvalue weighted by molar-refractivity contribution is -0.134. The minimum absolute atomic E-state index is 0.381. The standard InChI is InChI=1S/C10H15N3O2/c1-6-2-3-7(10(15)13-5-11)8(4-6)9(12)14/h6-8H,2-4H2,1H3,(H2,12,14)(H,13,15). The van der Waals surface area contributed by atoms with E-state index in [1.54, 1.807) is 6.19 Å². The molecule has 2 amide bonds. The Bertz CT molecular complexity index is 308. The Balaban J connectivity index is 2.73. The Kier molecular flexibility index (Phi) is 3.67. The fraction of sp³-hybridized carbons (Fsp3) is 0.700. The van der Waals surface area contributed by atoms with Crippen LogP contribution in [-0.2, 0) is 9.59 Å². The van der Waals surface area contributed by atoms with E-state index < -0.39 is 17.7 Å². The SMILES string of the molecule is CC1CCC(C(=O)NC#N)C(C(N)=O)C1. The van der Waals surface area contributed by atoms with E-state index in [0.717, 1.165) is 6.42 Å². The van der Waals surface area contributed by atoms with E-state index >= 15 is 0 Å². The maximum atomic E-state index is 11.5. The molecule has 82 valence electrons. The lowest BCUT2D eigenvalue weighted by Crippen LogP contribution is -2.42. The number of carbonyl (C=O) groups is 2. The third-order valence-electron chi connectivity index (χ3n) is 2.99. The van der Waals surface area contributed by atoms with Gasteiger partial charge in [-0.15, -0.1) is 0 Å². The molecule has 15 heavy (non-hydrogen) atoms. The van der Waals surface area contributed by atoms with E-state index in [2.05, 4.69) is 5.32 Å². The molecule has 1 aliphatic rings. The van der Waals surface area contributed by atoms with E-state index in [0.29, 0.717) is 18.8 Å². The summed E-state index contributed by atoms with van der Waals surface area (Å²) in [5, 5.41) is 10.4. The molecule has 0 bridgehead atoms. The average Bonchev–Trinajstić information content (AvgIpc) is 2.17. The van der Waals surface area contributed by atoms with Crippen LogP contribution in [0.1, 0.15) is 26.2 Å². The van der Waals surface area contributed by atoms with Crippen molar-refractivity contribution in [3.8, 4) is 6.19 Å². The van der Waals surface area contributed by atoms with Gasteiger partial charge < -0.3 is 5.73 Å². The summed E-state index contributed by atoms with van der Waals surface area (Å²) in [7, 11) is 0. The van der Waals surface area contributed by atoms with Crippen molar-refractivity contribution in [2.24, 2.45) is 23.5 Å². The largest absolute Gasteiger partial charge is 0.369 e. The molecular formula is C10H15N3O2. The third-order valence-corrected chi connectivity index (χ3v) is 2.99. The van der Waals surface area contributed by atoms with Crippen molar-refractivity contribution in [3.63, 3.8) is 0 Å². The zero-order chi connectivity index (χ0) is 11.4. The van der Waals surface area contributed by atoms with Crippen LogP contribution >= 0.6 is 0 Å². The predicted octanol–water partition coefficient (Wildman–Crippen LogP) is 0.121. The molecule has 0 heterocycles. The summed E-state index contributed by atoms with van der Waals surface area (Å²) in [6, 6.07) is 0. The number of nitrogens with zero attached hydrogens (tertiary/aromatic N) is 1. The van der Waals surface area contributed by atoms with Crippen LogP contribution in [0.3, 0.4) is 0 Å².